The summed E-state index contributed by atoms with van der Waals surface area (Å²) >= 11 is 0. The highest BCUT2D eigenvalue weighted by molar-refractivity contribution is 5.89. The minimum Gasteiger partial charge on any atom is -0.455 e. The Morgan fingerprint density at radius 3 is 1.84 bits per heavy atom. The summed E-state index contributed by atoms with van der Waals surface area (Å²) < 4.78 is 21.6. The summed E-state index contributed by atoms with van der Waals surface area (Å²) in [6, 6.07) is 17.6. The first-order chi connectivity index (χ1) is 15.5. The summed E-state index contributed by atoms with van der Waals surface area (Å²) in [6.07, 6.45) is 0.0373. The van der Waals surface area contributed by atoms with Crippen molar-refractivity contribution in [2.45, 2.75) is 44.5 Å². The van der Waals surface area contributed by atoms with Gasteiger partial charge in [-0.1, -0.05) is 66.7 Å². The quantitative estimate of drug-likeness (QED) is 0.295. The number of carbonyl (C=O) groups excluding carboxylic acids is 3. The second-order valence-corrected chi connectivity index (χ2v) is 7.47. The Balaban J connectivity index is 1.48. The third-order valence-electron chi connectivity index (χ3n) is 5.12. The molecule has 1 saturated heterocycles. The van der Waals surface area contributed by atoms with Gasteiger partial charge in [-0.05, 0) is 17.2 Å². The topological polar surface area (TPSA) is 94.7 Å². The molecule has 8 nitrogen and oxygen atoms in total. The zero-order valence-electron chi connectivity index (χ0n) is 17.5. The smallest absolute Gasteiger partial charge is 0.420 e. The molecule has 0 aromatic heterocycles. The maximum absolute atomic E-state index is 12.9. The van der Waals surface area contributed by atoms with Gasteiger partial charge in [0, 0.05) is 6.92 Å². The lowest BCUT2D eigenvalue weighted by Gasteiger charge is -2.28. The maximum atomic E-state index is 12.9. The van der Waals surface area contributed by atoms with Crippen molar-refractivity contribution in [3.63, 3.8) is 0 Å². The molecule has 2 aromatic carbocycles. The average molecular weight is 437 g/mol. The summed E-state index contributed by atoms with van der Waals surface area (Å²) in [4.78, 5) is 38.0. The summed E-state index contributed by atoms with van der Waals surface area (Å²) in [6.45, 7) is 1.32. The number of esters is 1. The van der Waals surface area contributed by atoms with Gasteiger partial charge in [0.2, 0.25) is 0 Å². The van der Waals surface area contributed by atoms with Gasteiger partial charge in [0.1, 0.15) is 31.5 Å². The van der Waals surface area contributed by atoms with Crippen molar-refractivity contribution in [2.24, 2.45) is 0 Å². The van der Waals surface area contributed by atoms with Gasteiger partial charge < -0.3 is 18.9 Å². The Bertz CT molecular complexity index is 936. The van der Waals surface area contributed by atoms with Crippen molar-refractivity contribution in [3.05, 3.63) is 83.9 Å². The van der Waals surface area contributed by atoms with Crippen molar-refractivity contribution in [1.29, 1.82) is 0 Å². The van der Waals surface area contributed by atoms with E-state index in [9.17, 15) is 14.4 Å². The van der Waals surface area contributed by atoms with E-state index in [1.807, 2.05) is 60.7 Å². The minimum absolute atomic E-state index is 0.00357. The molecule has 4 atom stereocenters. The highest BCUT2D eigenvalue weighted by Gasteiger charge is 2.56. The van der Waals surface area contributed by atoms with Crippen LogP contribution >= 0.6 is 0 Å². The molecule has 0 saturated carbocycles. The number of epoxide rings is 1. The molecule has 2 aliphatic rings. The fourth-order valence-electron chi connectivity index (χ4n) is 3.54. The lowest BCUT2D eigenvalue weighted by Crippen LogP contribution is -2.49. The Morgan fingerprint density at radius 2 is 1.34 bits per heavy atom. The normalized spacial score (nSPS) is 22.9. The van der Waals surface area contributed by atoms with Crippen LogP contribution in [0, 0.1) is 0 Å². The van der Waals surface area contributed by atoms with Gasteiger partial charge in [-0.15, -0.1) is 0 Å². The highest BCUT2D eigenvalue weighted by Crippen LogP contribution is 2.38. The number of amides is 2. The molecule has 0 radical (unpaired) electrons. The molecule has 0 spiro atoms. The number of hydrogen-bond donors (Lipinski definition) is 0. The number of nitrogens with zero attached hydrogens (tertiary/aromatic N) is 1. The van der Waals surface area contributed by atoms with E-state index in [1.165, 1.54) is 6.92 Å². The monoisotopic (exact) mass is 437 g/mol. The van der Waals surface area contributed by atoms with Gasteiger partial charge in [0.05, 0.1) is 6.04 Å². The average Bonchev–Trinajstić information content (AvgIpc) is 3.60. The van der Waals surface area contributed by atoms with Crippen molar-refractivity contribution in [3.8, 4) is 0 Å². The number of ether oxygens (including phenoxy) is 4. The number of imide groups is 1. The molecule has 0 bridgehead atoms. The van der Waals surface area contributed by atoms with Crippen LogP contribution in [-0.2, 0) is 37.0 Å². The molecule has 0 N–H and O–H groups in total. The first-order valence-corrected chi connectivity index (χ1v) is 10.2. The van der Waals surface area contributed by atoms with Gasteiger partial charge >= 0.3 is 18.2 Å². The summed E-state index contributed by atoms with van der Waals surface area (Å²) in [5.41, 5.74) is 1.57. The minimum atomic E-state index is -0.846. The van der Waals surface area contributed by atoms with E-state index in [4.69, 9.17) is 18.9 Å². The lowest BCUT2D eigenvalue weighted by atomic mass is 9.99. The molecule has 2 aromatic rings. The van der Waals surface area contributed by atoms with Crippen LogP contribution in [0.2, 0.25) is 0 Å². The molecule has 2 amide bonds. The van der Waals surface area contributed by atoms with Crippen molar-refractivity contribution in [1.82, 2.24) is 4.90 Å². The molecular formula is C24H23NO7. The second-order valence-electron chi connectivity index (χ2n) is 7.47. The standard InChI is InChI=1S/C24H23NO7/c1-16(26)31-20-13-12-19(21-22(20)32-21)25(23(27)29-14-17-8-4-2-5-9-17)24(28)30-15-18-10-6-3-7-11-18/h2-13,19-22H,14-15H2,1H3/t19-,20-,21+,22-/m1/s1. The van der Waals surface area contributed by atoms with E-state index in [-0.39, 0.29) is 13.2 Å². The van der Waals surface area contributed by atoms with Crippen molar-refractivity contribution < 1.29 is 33.3 Å². The van der Waals surface area contributed by atoms with E-state index in [0.29, 0.717) is 0 Å². The summed E-state index contributed by atoms with van der Waals surface area (Å²) in [5, 5.41) is 0. The summed E-state index contributed by atoms with van der Waals surface area (Å²) in [5.74, 6) is -0.436. The number of fused-ring (bicyclic) bond motifs is 1. The molecule has 1 fully saturated rings. The van der Waals surface area contributed by atoms with E-state index < -0.39 is 42.5 Å². The van der Waals surface area contributed by atoms with Crippen LogP contribution in [0.25, 0.3) is 0 Å². The first-order valence-electron chi connectivity index (χ1n) is 10.2. The molecule has 166 valence electrons. The van der Waals surface area contributed by atoms with Gasteiger partial charge in [0.15, 0.2) is 0 Å². The van der Waals surface area contributed by atoms with Crippen LogP contribution in [0.5, 0.6) is 0 Å². The summed E-state index contributed by atoms with van der Waals surface area (Å²) in [7, 11) is 0. The molecule has 1 aliphatic heterocycles. The molecule has 1 aliphatic carbocycles. The number of rotatable bonds is 6. The van der Waals surface area contributed by atoms with Gasteiger partial charge in [-0.25, -0.2) is 14.5 Å². The fourth-order valence-corrected chi connectivity index (χ4v) is 3.54. The molecule has 8 heteroatoms. The van der Waals surface area contributed by atoms with Crippen LogP contribution in [-0.4, -0.2) is 47.4 Å². The van der Waals surface area contributed by atoms with Crippen LogP contribution in [0.3, 0.4) is 0 Å². The number of carbonyl (C=O) groups is 3. The first kappa shape index (κ1) is 21.6. The zero-order valence-corrected chi connectivity index (χ0v) is 17.5. The van der Waals surface area contributed by atoms with E-state index in [0.717, 1.165) is 16.0 Å². The SMILES string of the molecule is CC(=O)O[C@@H]1C=C[C@@H](N(C(=O)OCc2ccccc2)C(=O)OCc2ccccc2)[C@@H]2O[C@@H]21. The van der Waals surface area contributed by atoms with Crippen molar-refractivity contribution >= 4 is 18.2 Å². The second kappa shape index (κ2) is 9.65. The van der Waals surface area contributed by atoms with Gasteiger partial charge in [0.25, 0.3) is 0 Å². The largest absolute Gasteiger partial charge is 0.455 e. The van der Waals surface area contributed by atoms with Crippen molar-refractivity contribution in [2.75, 3.05) is 0 Å². The van der Waals surface area contributed by atoms with Crippen LogP contribution in [0.15, 0.2) is 72.8 Å². The molecule has 0 unspecified atom stereocenters. The van der Waals surface area contributed by atoms with Gasteiger partial charge in [-0.2, -0.15) is 0 Å². The predicted molar refractivity (Wildman–Crippen MR) is 112 cm³/mol. The van der Waals surface area contributed by atoms with Crippen LogP contribution < -0.4 is 0 Å². The fraction of sp³-hybridized carbons (Fsp3) is 0.292. The molecule has 1 heterocycles. The Labute approximate surface area is 185 Å². The lowest BCUT2D eigenvalue weighted by molar-refractivity contribution is -0.145. The highest BCUT2D eigenvalue weighted by atomic mass is 16.6. The third kappa shape index (κ3) is 5.15. The zero-order chi connectivity index (χ0) is 22.5. The Kier molecular flexibility index (Phi) is 6.51. The van der Waals surface area contributed by atoms with E-state index >= 15 is 0 Å². The van der Waals surface area contributed by atoms with Crippen LogP contribution in [0.4, 0.5) is 9.59 Å². The van der Waals surface area contributed by atoms with Gasteiger partial charge in [-0.3, -0.25) is 4.79 Å². The molecule has 4 rings (SSSR count). The number of benzene rings is 2. The van der Waals surface area contributed by atoms with E-state index in [2.05, 4.69) is 0 Å². The maximum Gasteiger partial charge on any atom is 0.420 e. The Morgan fingerprint density at radius 1 is 0.812 bits per heavy atom. The Hall–Kier alpha value is -3.65. The molecule has 32 heavy (non-hydrogen) atoms. The number of hydrogen-bond acceptors (Lipinski definition) is 7. The predicted octanol–water partition coefficient (Wildman–Crippen LogP) is 3.60. The molecular weight excluding hydrogens is 414 g/mol. The van der Waals surface area contributed by atoms with E-state index in [1.54, 1.807) is 12.2 Å². The third-order valence-corrected chi connectivity index (χ3v) is 5.12. The van der Waals surface area contributed by atoms with Crippen LogP contribution in [0.1, 0.15) is 18.1 Å².